The Morgan fingerprint density at radius 2 is 2.00 bits per heavy atom. The number of fused-ring (bicyclic) bond motifs is 1. The zero-order valence-electron chi connectivity index (χ0n) is 10.5. The van der Waals surface area contributed by atoms with Crippen LogP contribution in [0.4, 0.5) is 0 Å². The van der Waals surface area contributed by atoms with E-state index in [0.29, 0.717) is 6.42 Å². The van der Waals surface area contributed by atoms with Crippen molar-refractivity contribution < 1.29 is 14.6 Å². The minimum absolute atomic E-state index is 0.476. The maximum atomic E-state index is 11.6. The van der Waals surface area contributed by atoms with E-state index in [-0.39, 0.29) is 0 Å². The molecule has 0 spiro atoms. The maximum absolute atomic E-state index is 11.6. The molecule has 1 aliphatic rings. The summed E-state index contributed by atoms with van der Waals surface area (Å²) in [6.07, 6.45) is 1.28. The number of ether oxygens (including phenoxy) is 1. The summed E-state index contributed by atoms with van der Waals surface area (Å²) in [7, 11) is 0. The van der Waals surface area contributed by atoms with Gasteiger partial charge in [-0.15, -0.1) is 0 Å². The zero-order valence-corrected chi connectivity index (χ0v) is 10.5. The fourth-order valence-corrected chi connectivity index (χ4v) is 2.47. The summed E-state index contributed by atoms with van der Waals surface area (Å²) in [5.41, 5.74) is 0.242. The molecule has 0 fully saturated rings. The predicted octanol–water partition coefficient (Wildman–Crippen LogP) is 2.73. The van der Waals surface area contributed by atoms with E-state index in [1.807, 2.05) is 45.0 Å². The van der Waals surface area contributed by atoms with Gasteiger partial charge in [0.1, 0.15) is 0 Å². The molecular weight excluding hydrogens is 216 g/mol. The van der Waals surface area contributed by atoms with E-state index >= 15 is 0 Å². The molecule has 1 aromatic carbocycles. The van der Waals surface area contributed by atoms with Crippen molar-refractivity contribution in [3.05, 3.63) is 35.4 Å². The van der Waals surface area contributed by atoms with Gasteiger partial charge in [-0.1, -0.05) is 24.3 Å². The van der Waals surface area contributed by atoms with Crippen molar-refractivity contribution in [2.24, 2.45) is 0 Å². The Bertz CT molecular complexity index is 445. The fraction of sp³-hybridized carbons (Fsp3) is 0.500. The van der Waals surface area contributed by atoms with Crippen molar-refractivity contribution in [1.82, 2.24) is 0 Å². The SMILES string of the molecule is CC(C)(C)OC1(C(=O)O)CCc2ccccc21. The molecule has 1 aliphatic carbocycles. The van der Waals surface area contributed by atoms with Crippen molar-refractivity contribution in [1.29, 1.82) is 0 Å². The van der Waals surface area contributed by atoms with Crippen LogP contribution >= 0.6 is 0 Å². The first kappa shape index (κ1) is 12.1. The molecule has 17 heavy (non-hydrogen) atoms. The quantitative estimate of drug-likeness (QED) is 0.855. The van der Waals surface area contributed by atoms with Crippen molar-refractivity contribution in [2.75, 3.05) is 0 Å². The van der Waals surface area contributed by atoms with Gasteiger partial charge in [-0.05, 0) is 44.7 Å². The summed E-state index contributed by atoms with van der Waals surface area (Å²) < 4.78 is 5.87. The van der Waals surface area contributed by atoms with Crippen LogP contribution in [0.2, 0.25) is 0 Å². The molecular formula is C14H18O3. The number of aliphatic carboxylic acids is 1. The van der Waals surface area contributed by atoms with Crippen LogP contribution in [0.3, 0.4) is 0 Å². The van der Waals surface area contributed by atoms with E-state index in [2.05, 4.69) is 0 Å². The Kier molecular flexibility index (Phi) is 2.74. The molecule has 0 saturated heterocycles. The van der Waals surface area contributed by atoms with Crippen molar-refractivity contribution in [3.8, 4) is 0 Å². The van der Waals surface area contributed by atoms with E-state index in [0.717, 1.165) is 17.5 Å². The summed E-state index contributed by atoms with van der Waals surface area (Å²) in [6.45, 7) is 5.66. The van der Waals surface area contributed by atoms with Crippen molar-refractivity contribution in [3.63, 3.8) is 0 Å². The Labute approximate surface area is 101 Å². The van der Waals surface area contributed by atoms with Gasteiger partial charge in [-0.3, -0.25) is 0 Å². The molecule has 0 heterocycles. The van der Waals surface area contributed by atoms with Crippen LogP contribution in [0.25, 0.3) is 0 Å². The van der Waals surface area contributed by atoms with Gasteiger partial charge in [0.05, 0.1) is 5.60 Å². The predicted molar refractivity (Wildman–Crippen MR) is 64.9 cm³/mol. The highest BCUT2D eigenvalue weighted by Crippen LogP contribution is 2.42. The third-order valence-electron chi connectivity index (χ3n) is 3.02. The smallest absolute Gasteiger partial charge is 0.340 e. The normalized spacial score (nSPS) is 23.5. The van der Waals surface area contributed by atoms with Crippen LogP contribution < -0.4 is 0 Å². The molecule has 0 aliphatic heterocycles. The number of rotatable bonds is 2. The molecule has 2 rings (SSSR count). The van der Waals surface area contributed by atoms with Crippen LogP contribution in [0.1, 0.15) is 38.3 Å². The van der Waals surface area contributed by atoms with E-state index in [1.165, 1.54) is 0 Å². The number of carboxylic acids is 1. The first-order chi connectivity index (χ1) is 7.85. The summed E-state index contributed by atoms with van der Waals surface area (Å²) >= 11 is 0. The molecule has 3 heteroatoms. The standard InChI is InChI=1S/C14H18O3/c1-13(2,3)17-14(12(15)16)9-8-10-6-4-5-7-11(10)14/h4-7H,8-9H2,1-3H3,(H,15,16). The molecule has 0 saturated carbocycles. The molecule has 1 atom stereocenters. The van der Waals surface area contributed by atoms with Crippen molar-refractivity contribution in [2.45, 2.75) is 44.8 Å². The molecule has 0 radical (unpaired) electrons. The lowest BCUT2D eigenvalue weighted by molar-refractivity contribution is -0.187. The van der Waals surface area contributed by atoms with Crippen LogP contribution in [0, 0.1) is 0 Å². The Hall–Kier alpha value is -1.35. The molecule has 1 aromatic rings. The molecule has 0 amide bonds. The van der Waals surface area contributed by atoms with Gasteiger partial charge in [-0.25, -0.2) is 4.79 Å². The molecule has 1 unspecified atom stereocenters. The van der Waals surface area contributed by atoms with E-state index in [4.69, 9.17) is 4.74 Å². The third kappa shape index (κ3) is 2.07. The van der Waals surface area contributed by atoms with E-state index in [1.54, 1.807) is 0 Å². The van der Waals surface area contributed by atoms with E-state index < -0.39 is 17.2 Å². The number of carbonyl (C=O) groups is 1. The number of hydrogen-bond donors (Lipinski definition) is 1. The second-order valence-corrected chi connectivity index (χ2v) is 5.50. The van der Waals surface area contributed by atoms with Crippen LogP contribution in [-0.4, -0.2) is 16.7 Å². The minimum Gasteiger partial charge on any atom is -0.479 e. The lowest BCUT2D eigenvalue weighted by Gasteiger charge is -2.33. The van der Waals surface area contributed by atoms with Gasteiger partial charge in [0.2, 0.25) is 0 Å². The highest BCUT2D eigenvalue weighted by atomic mass is 16.5. The van der Waals surface area contributed by atoms with Crippen molar-refractivity contribution >= 4 is 5.97 Å². The van der Waals surface area contributed by atoms with E-state index in [9.17, 15) is 9.90 Å². The second kappa shape index (κ2) is 3.84. The molecule has 0 aromatic heterocycles. The van der Waals surface area contributed by atoms with Gasteiger partial charge in [-0.2, -0.15) is 0 Å². The number of hydrogen-bond acceptors (Lipinski definition) is 2. The molecule has 1 N–H and O–H groups in total. The Morgan fingerprint density at radius 3 is 2.59 bits per heavy atom. The fourth-order valence-electron chi connectivity index (χ4n) is 2.47. The van der Waals surface area contributed by atoms with Gasteiger partial charge in [0.15, 0.2) is 5.60 Å². The van der Waals surface area contributed by atoms with Crippen LogP contribution in [-0.2, 0) is 21.6 Å². The largest absolute Gasteiger partial charge is 0.479 e. The van der Waals surface area contributed by atoms with Crippen LogP contribution in [0.5, 0.6) is 0 Å². The van der Waals surface area contributed by atoms with Gasteiger partial charge in [0.25, 0.3) is 0 Å². The van der Waals surface area contributed by atoms with Gasteiger partial charge >= 0.3 is 5.97 Å². The second-order valence-electron chi connectivity index (χ2n) is 5.50. The average Bonchev–Trinajstić information content (AvgIpc) is 2.57. The monoisotopic (exact) mass is 234 g/mol. The van der Waals surface area contributed by atoms with Gasteiger partial charge < -0.3 is 9.84 Å². The molecule has 3 nitrogen and oxygen atoms in total. The summed E-state index contributed by atoms with van der Waals surface area (Å²) in [5, 5.41) is 9.55. The maximum Gasteiger partial charge on any atom is 0.340 e. The highest BCUT2D eigenvalue weighted by Gasteiger charge is 2.48. The first-order valence-corrected chi connectivity index (χ1v) is 5.87. The summed E-state index contributed by atoms with van der Waals surface area (Å²) in [6, 6.07) is 7.65. The number of carboxylic acid groups (broad SMARTS) is 1. The van der Waals surface area contributed by atoms with Gasteiger partial charge in [0, 0.05) is 0 Å². The summed E-state index contributed by atoms with van der Waals surface area (Å²) in [4.78, 5) is 11.6. The number of aryl methyl sites for hydroxylation is 1. The molecule has 92 valence electrons. The highest BCUT2D eigenvalue weighted by molar-refractivity contribution is 5.81. The zero-order chi connectivity index (χ0) is 12.7. The lowest BCUT2D eigenvalue weighted by Crippen LogP contribution is -2.42. The number of benzene rings is 1. The Morgan fingerprint density at radius 1 is 1.35 bits per heavy atom. The molecule has 0 bridgehead atoms. The topological polar surface area (TPSA) is 46.5 Å². The minimum atomic E-state index is -1.17. The lowest BCUT2D eigenvalue weighted by atomic mass is 9.94. The first-order valence-electron chi connectivity index (χ1n) is 5.87. The summed E-state index contributed by atoms with van der Waals surface area (Å²) in [5.74, 6) is -0.891. The Balaban J connectivity index is 2.49. The van der Waals surface area contributed by atoms with Crippen LogP contribution in [0.15, 0.2) is 24.3 Å². The average molecular weight is 234 g/mol. The third-order valence-corrected chi connectivity index (χ3v) is 3.02.